The van der Waals surface area contributed by atoms with Gasteiger partial charge < -0.3 is 19.2 Å². The van der Waals surface area contributed by atoms with Crippen molar-refractivity contribution in [1.29, 1.82) is 0 Å². The topological polar surface area (TPSA) is 93.1 Å². The first-order chi connectivity index (χ1) is 11.9. The number of furan rings is 1. The summed E-state index contributed by atoms with van der Waals surface area (Å²) < 4.78 is 10.3. The third-order valence-electron chi connectivity index (χ3n) is 4.09. The van der Waals surface area contributed by atoms with E-state index in [-0.39, 0.29) is 0 Å². The van der Waals surface area contributed by atoms with Gasteiger partial charge in [-0.2, -0.15) is 10.1 Å². The van der Waals surface area contributed by atoms with Gasteiger partial charge in [0.1, 0.15) is 6.26 Å². The van der Waals surface area contributed by atoms with Crippen molar-refractivity contribution in [3.05, 3.63) is 42.8 Å². The van der Waals surface area contributed by atoms with Crippen LogP contribution in [0.25, 0.3) is 11.4 Å². The van der Waals surface area contributed by atoms with Crippen LogP contribution in [0.4, 0.5) is 5.82 Å². The number of nitrogens with zero attached hydrogens (tertiary/aromatic N) is 5. The molecule has 3 aromatic rings. The number of anilines is 1. The molecule has 0 unspecified atom stereocenters. The largest absolute Gasteiger partial charge is 0.472 e. The summed E-state index contributed by atoms with van der Waals surface area (Å²) in [5, 5.41) is 15.6. The molecule has 1 saturated heterocycles. The molecule has 0 amide bonds. The van der Waals surface area contributed by atoms with E-state index >= 15 is 0 Å². The molecule has 1 atom stereocenters. The Balaban J connectivity index is 1.34. The number of piperidine rings is 1. The molecule has 0 radical (unpaired) electrons. The van der Waals surface area contributed by atoms with Gasteiger partial charge in [0.05, 0.1) is 18.4 Å². The SMILES string of the molecule is c1cnnc(N2CCC[C@H](NCc3nc(-c4ccoc4)no3)C2)c1. The number of aromatic nitrogens is 4. The molecule has 1 aliphatic heterocycles. The zero-order chi connectivity index (χ0) is 16.2. The Hall–Kier alpha value is -2.74. The van der Waals surface area contributed by atoms with Crippen molar-refractivity contribution in [2.24, 2.45) is 0 Å². The van der Waals surface area contributed by atoms with Crippen LogP contribution in [0.1, 0.15) is 18.7 Å². The van der Waals surface area contributed by atoms with Gasteiger partial charge in [0.2, 0.25) is 11.7 Å². The van der Waals surface area contributed by atoms with Crippen molar-refractivity contribution in [1.82, 2.24) is 25.7 Å². The molecule has 3 aromatic heterocycles. The van der Waals surface area contributed by atoms with Gasteiger partial charge in [0.15, 0.2) is 5.82 Å². The molecular weight excluding hydrogens is 308 g/mol. The van der Waals surface area contributed by atoms with Gasteiger partial charge >= 0.3 is 0 Å². The summed E-state index contributed by atoms with van der Waals surface area (Å²) in [4.78, 5) is 6.63. The monoisotopic (exact) mass is 326 g/mol. The molecule has 1 fully saturated rings. The zero-order valence-corrected chi connectivity index (χ0v) is 13.1. The summed E-state index contributed by atoms with van der Waals surface area (Å²) in [6, 6.07) is 6.06. The van der Waals surface area contributed by atoms with Crippen molar-refractivity contribution in [2.45, 2.75) is 25.4 Å². The minimum absolute atomic E-state index is 0.352. The van der Waals surface area contributed by atoms with Gasteiger partial charge in [-0.25, -0.2) is 0 Å². The Kier molecular flexibility index (Phi) is 4.20. The molecule has 24 heavy (non-hydrogen) atoms. The van der Waals surface area contributed by atoms with E-state index in [0.717, 1.165) is 37.3 Å². The van der Waals surface area contributed by atoms with Gasteiger partial charge in [-0.3, -0.25) is 0 Å². The highest BCUT2D eigenvalue weighted by atomic mass is 16.5. The Morgan fingerprint density at radius 2 is 2.33 bits per heavy atom. The first-order valence-corrected chi connectivity index (χ1v) is 8.00. The lowest BCUT2D eigenvalue weighted by Gasteiger charge is -2.33. The summed E-state index contributed by atoms with van der Waals surface area (Å²) in [6.45, 7) is 2.44. The van der Waals surface area contributed by atoms with Crippen molar-refractivity contribution in [2.75, 3.05) is 18.0 Å². The van der Waals surface area contributed by atoms with Crippen molar-refractivity contribution < 1.29 is 8.94 Å². The molecule has 1 N–H and O–H groups in total. The molecule has 124 valence electrons. The predicted octanol–water partition coefficient (Wildman–Crippen LogP) is 1.88. The maximum absolute atomic E-state index is 5.29. The minimum Gasteiger partial charge on any atom is -0.472 e. The first kappa shape index (κ1) is 14.8. The van der Waals surface area contributed by atoms with E-state index in [1.807, 2.05) is 18.2 Å². The van der Waals surface area contributed by atoms with E-state index in [1.54, 1.807) is 18.7 Å². The van der Waals surface area contributed by atoms with Crippen LogP contribution in [0.2, 0.25) is 0 Å². The van der Waals surface area contributed by atoms with Crippen LogP contribution in [0.5, 0.6) is 0 Å². The summed E-state index contributed by atoms with van der Waals surface area (Å²) in [5.41, 5.74) is 0.816. The average Bonchev–Trinajstić information content (AvgIpc) is 3.32. The highest BCUT2D eigenvalue weighted by molar-refractivity contribution is 5.51. The van der Waals surface area contributed by atoms with E-state index in [1.165, 1.54) is 0 Å². The lowest BCUT2D eigenvalue weighted by Crippen LogP contribution is -2.45. The minimum atomic E-state index is 0.352. The van der Waals surface area contributed by atoms with E-state index in [4.69, 9.17) is 8.94 Å². The standard InChI is InChI=1S/C16H18N6O2/c1-4-14(20-18-6-1)22-7-2-3-13(10-22)17-9-15-19-16(21-24-15)12-5-8-23-11-12/h1,4-6,8,11,13,17H,2-3,7,9-10H2/t13-/m0/s1. The summed E-state index contributed by atoms with van der Waals surface area (Å²) in [6.07, 6.45) is 7.10. The third-order valence-corrected chi connectivity index (χ3v) is 4.09. The summed E-state index contributed by atoms with van der Waals surface area (Å²) >= 11 is 0. The van der Waals surface area contributed by atoms with E-state index < -0.39 is 0 Å². The molecule has 4 rings (SSSR count). The molecule has 0 saturated carbocycles. The van der Waals surface area contributed by atoms with Crippen molar-refractivity contribution in [3.63, 3.8) is 0 Å². The smallest absolute Gasteiger partial charge is 0.240 e. The second kappa shape index (κ2) is 6.79. The lowest BCUT2D eigenvalue weighted by atomic mass is 10.1. The highest BCUT2D eigenvalue weighted by Gasteiger charge is 2.21. The van der Waals surface area contributed by atoms with Crippen molar-refractivity contribution >= 4 is 5.82 Å². The van der Waals surface area contributed by atoms with Gasteiger partial charge in [-0.1, -0.05) is 5.16 Å². The fourth-order valence-electron chi connectivity index (χ4n) is 2.88. The van der Waals surface area contributed by atoms with E-state index in [9.17, 15) is 0 Å². The number of hydrogen-bond donors (Lipinski definition) is 1. The Morgan fingerprint density at radius 1 is 1.33 bits per heavy atom. The molecule has 0 bridgehead atoms. The average molecular weight is 326 g/mol. The lowest BCUT2D eigenvalue weighted by molar-refractivity contribution is 0.344. The summed E-state index contributed by atoms with van der Waals surface area (Å²) in [7, 11) is 0. The quantitative estimate of drug-likeness (QED) is 0.759. The van der Waals surface area contributed by atoms with E-state index in [2.05, 4.69) is 30.6 Å². The molecule has 0 spiro atoms. The normalized spacial score (nSPS) is 18.0. The first-order valence-electron chi connectivity index (χ1n) is 8.00. The molecular formula is C16H18N6O2. The number of hydrogen-bond acceptors (Lipinski definition) is 8. The molecule has 0 aliphatic carbocycles. The second-order valence-corrected chi connectivity index (χ2v) is 5.77. The number of nitrogens with one attached hydrogen (secondary N) is 1. The Labute approximate surface area is 138 Å². The van der Waals surface area contributed by atoms with Crippen LogP contribution in [-0.2, 0) is 6.54 Å². The van der Waals surface area contributed by atoms with E-state index in [0.29, 0.717) is 24.3 Å². The van der Waals surface area contributed by atoms with Gasteiger partial charge in [-0.15, -0.1) is 5.10 Å². The third kappa shape index (κ3) is 3.28. The van der Waals surface area contributed by atoms with Gasteiger partial charge in [-0.05, 0) is 31.0 Å². The zero-order valence-electron chi connectivity index (χ0n) is 13.1. The fraction of sp³-hybridized carbons (Fsp3) is 0.375. The van der Waals surface area contributed by atoms with Gasteiger partial charge in [0.25, 0.3) is 0 Å². The molecule has 1 aliphatic rings. The van der Waals surface area contributed by atoms with Crippen LogP contribution in [-0.4, -0.2) is 39.5 Å². The van der Waals surface area contributed by atoms with Crippen molar-refractivity contribution in [3.8, 4) is 11.4 Å². The molecule has 4 heterocycles. The van der Waals surface area contributed by atoms with Gasteiger partial charge in [0, 0.05) is 25.3 Å². The molecule has 8 nitrogen and oxygen atoms in total. The van der Waals surface area contributed by atoms with Crippen LogP contribution >= 0.6 is 0 Å². The second-order valence-electron chi connectivity index (χ2n) is 5.77. The molecule has 0 aromatic carbocycles. The van der Waals surface area contributed by atoms with Crippen LogP contribution in [0, 0.1) is 0 Å². The number of rotatable bonds is 5. The molecule has 8 heteroatoms. The Morgan fingerprint density at radius 3 is 3.17 bits per heavy atom. The van der Waals surface area contributed by atoms with Crippen LogP contribution in [0.3, 0.4) is 0 Å². The van der Waals surface area contributed by atoms with Crippen LogP contribution in [0.15, 0.2) is 45.9 Å². The Bertz CT molecular complexity index is 758. The highest BCUT2D eigenvalue weighted by Crippen LogP contribution is 2.18. The summed E-state index contributed by atoms with van der Waals surface area (Å²) in [5.74, 6) is 2.04. The maximum Gasteiger partial charge on any atom is 0.240 e. The fourth-order valence-corrected chi connectivity index (χ4v) is 2.88. The van der Waals surface area contributed by atoms with Crippen LogP contribution < -0.4 is 10.2 Å². The maximum atomic E-state index is 5.29. The predicted molar refractivity (Wildman–Crippen MR) is 86.1 cm³/mol.